The van der Waals surface area contributed by atoms with Gasteiger partial charge in [-0.3, -0.25) is 9.97 Å². The van der Waals surface area contributed by atoms with Crippen LogP contribution < -0.4 is 4.74 Å². The first-order valence-corrected chi connectivity index (χ1v) is 23.1. The van der Waals surface area contributed by atoms with Gasteiger partial charge in [-0.1, -0.05) is 170 Å². The van der Waals surface area contributed by atoms with Crippen molar-refractivity contribution in [3.63, 3.8) is 0 Å². The second-order valence-corrected chi connectivity index (χ2v) is 17.4. The highest BCUT2D eigenvalue weighted by atomic mass is 16.5. The van der Waals surface area contributed by atoms with Gasteiger partial charge in [0.15, 0.2) is 5.82 Å². The van der Waals surface area contributed by atoms with Crippen molar-refractivity contribution in [2.45, 2.75) is 18.3 Å². The highest BCUT2D eigenvalue weighted by molar-refractivity contribution is 5.93. The van der Waals surface area contributed by atoms with E-state index in [1.165, 1.54) is 27.8 Å². The van der Waals surface area contributed by atoms with Crippen LogP contribution in [0.3, 0.4) is 0 Å². The lowest BCUT2D eigenvalue weighted by molar-refractivity contribution is 0.388. The van der Waals surface area contributed by atoms with Crippen LogP contribution in [0.2, 0.25) is 0 Å². The van der Waals surface area contributed by atoms with Gasteiger partial charge < -0.3 is 4.74 Å². The van der Waals surface area contributed by atoms with E-state index in [1.807, 2.05) is 85.2 Å². The van der Waals surface area contributed by atoms with E-state index in [0.29, 0.717) is 5.82 Å². The molecule has 5 heterocycles. The van der Waals surface area contributed by atoms with E-state index in [0.717, 1.165) is 103 Å². The third-order valence-electron chi connectivity index (χ3n) is 13.6. The van der Waals surface area contributed by atoms with Crippen LogP contribution in [0.5, 0.6) is 5.75 Å². The van der Waals surface area contributed by atoms with Crippen LogP contribution >= 0.6 is 0 Å². The second kappa shape index (κ2) is 16.2. The maximum absolute atomic E-state index is 7.58. The van der Waals surface area contributed by atoms with Crippen LogP contribution in [0.1, 0.15) is 35.1 Å². The van der Waals surface area contributed by atoms with E-state index < -0.39 is 5.41 Å². The fourth-order valence-corrected chi connectivity index (χ4v) is 10.6. The molecule has 6 heteroatoms. The smallest absolute Gasteiger partial charge is 0.160 e. The van der Waals surface area contributed by atoms with Gasteiger partial charge >= 0.3 is 0 Å². The van der Waals surface area contributed by atoms with E-state index in [9.17, 15) is 0 Å². The third kappa shape index (κ3) is 6.44. The molecule has 6 aromatic carbocycles. The Morgan fingerprint density at radius 1 is 0.382 bits per heavy atom. The minimum Gasteiger partial charge on any atom is -0.456 e. The van der Waals surface area contributed by atoms with Crippen LogP contribution in [0.4, 0.5) is 0 Å². The zero-order valence-corrected chi connectivity index (χ0v) is 36.9. The van der Waals surface area contributed by atoms with Gasteiger partial charge in [0.1, 0.15) is 11.5 Å². The molecule has 10 aromatic rings. The molecule has 0 bridgehead atoms. The zero-order chi connectivity index (χ0) is 45.0. The number of pyridine rings is 3. The summed E-state index contributed by atoms with van der Waals surface area (Å²) in [6, 6.07) is 72.1. The number of para-hydroxylation sites is 1. The van der Waals surface area contributed by atoms with Gasteiger partial charge in [-0.2, -0.15) is 0 Å². The predicted molar refractivity (Wildman–Crippen MR) is 271 cm³/mol. The molecule has 0 amide bonds. The van der Waals surface area contributed by atoms with E-state index in [-0.39, 0.29) is 0 Å². The molecule has 0 saturated heterocycles. The number of nitrogens with zero attached hydrogens (tertiary/aromatic N) is 5. The average Bonchev–Trinajstić information content (AvgIpc) is 3.72. The Morgan fingerprint density at radius 2 is 0.912 bits per heavy atom. The van der Waals surface area contributed by atoms with Crippen LogP contribution in [0, 0.1) is 0 Å². The quantitative estimate of drug-likeness (QED) is 0.159. The molecule has 6 nitrogen and oxygen atoms in total. The van der Waals surface area contributed by atoms with Crippen molar-refractivity contribution < 1.29 is 4.74 Å². The van der Waals surface area contributed by atoms with Gasteiger partial charge in [0, 0.05) is 51.4 Å². The monoisotopic (exact) mass is 871 g/mol. The first-order valence-electron chi connectivity index (χ1n) is 23.1. The molecule has 4 aromatic heterocycles. The Balaban J connectivity index is 1.01. The maximum Gasteiger partial charge on any atom is 0.160 e. The molecular formula is C62H41N5O. The molecule has 1 spiro atoms. The number of fused-ring (bicyclic) bond motifs is 9. The zero-order valence-electron chi connectivity index (χ0n) is 36.9. The number of allylic oxidation sites excluding steroid dienone is 3. The highest BCUT2D eigenvalue weighted by Crippen LogP contribution is 2.64. The van der Waals surface area contributed by atoms with E-state index >= 15 is 0 Å². The average molecular weight is 872 g/mol. The van der Waals surface area contributed by atoms with Crippen LogP contribution in [0.25, 0.3) is 84.5 Å². The van der Waals surface area contributed by atoms with Gasteiger partial charge in [0.25, 0.3) is 0 Å². The molecule has 2 aliphatic carbocycles. The molecule has 3 aliphatic rings. The number of aromatic nitrogens is 5. The van der Waals surface area contributed by atoms with Crippen molar-refractivity contribution >= 4 is 5.57 Å². The van der Waals surface area contributed by atoms with Gasteiger partial charge in [-0.15, -0.1) is 0 Å². The number of hydrogen-bond donors (Lipinski definition) is 0. The van der Waals surface area contributed by atoms with Gasteiger partial charge in [-0.25, -0.2) is 15.0 Å². The predicted octanol–water partition coefficient (Wildman–Crippen LogP) is 14.5. The molecule has 1 aliphatic heterocycles. The summed E-state index contributed by atoms with van der Waals surface area (Å²) in [5.41, 5.74) is 18.8. The second-order valence-electron chi connectivity index (χ2n) is 17.4. The molecule has 0 atom stereocenters. The lowest BCUT2D eigenvalue weighted by Crippen LogP contribution is -2.37. The van der Waals surface area contributed by atoms with Gasteiger partial charge in [0.2, 0.25) is 0 Å². The molecule has 0 fully saturated rings. The summed E-state index contributed by atoms with van der Waals surface area (Å²) in [5, 5.41) is 0. The van der Waals surface area contributed by atoms with Gasteiger partial charge in [-0.05, 0) is 88.7 Å². The highest BCUT2D eigenvalue weighted by Gasteiger charge is 2.54. The normalized spacial score (nSPS) is 14.0. The lowest BCUT2D eigenvalue weighted by Gasteiger charge is -2.44. The first-order chi connectivity index (χ1) is 33.7. The van der Waals surface area contributed by atoms with E-state index in [4.69, 9.17) is 29.7 Å². The number of hydrogen-bond acceptors (Lipinski definition) is 6. The first kappa shape index (κ1) is 39.5. The topological polar surface area (TPSA) is 73.7 Å². The van der Waals surface area contributed by atoms with E-state index in [1.54, 1.807) is 0 Å². The lowest BCUT2D eigenvalue weighted by atomic mass is 9.63. The number of benzene rings is 6. The fraction of sp³-hybridized carbons (Fsp3) is 0.0484. The molecule has 0 radical (unpaired) electrons. The summed E-state index contributed by atoms with van der Waals surface area (Å²) in [6.45, 7) is 0. The minimum atomic E-state index is -0.638. The van der Waals surface area contributed by atoms with Crippen molar-refractivity contribution in [1.82, 2.24) is 24.9 Å². The largest absolute Gasteiger partial charge is 0.456 e. The molecule has 320 valence electrons. The molecule has 0 N–H and O–H groups in total. The Hall–Kier alpha value is -8.87. The summed E-state index contributed by atoms with van der Waals surface area (Å²) in [4.78, 5) is 24.8. The van der Waals surface area contributed by atoms with Crippen molar-refractivity contribution in [3.05, 3.63) is 258 Å². The van der Waals surface area contributed by atoms with Crippen molar-refractivity contribution in [2.24, 2.45) is 0 Å². The third-order valence-corrected chi connectivity index (χ3v) is 13.6. The Morgan fingerprint density at radius 3 is 1.53 bits per heavy atom. The van der Waals surface area contributed by atoms with Crippen molar-refractivity contribution in [3.8, 4) is 84.7 Å². The molecular weight excluding hydrogens is 831 g/mol. The summed E-state index contributed by atoms with van der Waals surface area (Å²) in [7, 11) is 0. The number of ether oxygens (including phenoxy) is 1. The van der Waals surface area contributed by atoms with Crippen molar-refractivity contribution in [2.75, 3.05) is 0 Å². The van der Waals surface area contributed by atoms with Crippen LogP contribution in [0.15, 0.2) is 236 Å². The Bertz CT molecular complexity index is 3460. The number of rotatable bonds is 7. The Labute approximate surface area is 394 Å². The summed E-state index contributed by atoms with van der Waals surface area (Å²) >= 11 is 0. The summed E-state index contributed by atoms with van der Waals surface area (Å²) < 4.78 is 7.58. The van der Waals surface area contributed by atoms with Crippen molar-refractivity contribution in [1.29, 1.82) is 0 Å². The van der Waals surface area contributed by atoms with Crippen LogP contribution in [-0.2, 0) is 5.41 Å². The molecule has 0 saturated carbocycles. The molecule has 68 heavy (non-hydrogen) atoms. The summed E-state index contributed by atoms with van der Waals surface area (Å²) in [6.07, 6.45) is 7.70. The Kier molecular flexibility index (Phi) is 9.42. The molecule has 13 rings (SSSR count). The van der Waals surface area contributed by atoms with Crippen LogP contribution in [-0.4, -0.2) is 24.9 Å². The standard InChI is InChI=1S/C62H41N5O/c1-3-17-41(18-4-1)55-39-56(67-61(66-55)43-19-5-2-6-20-43)42-33-31-40(32-34-42)45-23-15-27-51-59(45)68-60-46(44-37-57(53-29-11-13-35-63-53)65-58(38-44)54-30-12-14-36-64-54)24-16-28-52(60)62(51)49-25-9-7-21-47(49)48-22-8-10-26-50(48)62/h1-15,17-23,25-39H,16,24H2. The fourth-order valence-electron chi connectivity index (χ4n) is 10.6. The van der Waals surface area contributed by atoms with Gasteiger partial charge in [0.05, 0.1) is 39.6 Å². The maximum atomic E-state index is 7.58. The minimum absolute atomic E-state index is 0.638. The SMILES string of the molecule is C1=C2C(=C(c3cc(-c4ccccn4)nc(-c4ccccn4)c3)CC1)Oc1c(-c3ccc(-c4cc(-c5ccccc5)nc(-c5ccccc5)n4)cc3)cccc1C21c2ccccc2-c2ccccc21. The summed E-state index contributed by atoms with van der Waals surface area (Å²) in [5.74, 6) is 2.42. The van der Waals surface area contributed by atoms with E-state index in [2.05, 4.69) is 140 Å². The molecule has 0 unspecified atom stereocenters.